The van der Waals surface area contributed by atoms with Crippen molar-refractivity contribution in [2.75, 3.05) is 5.73 Å². The maximum Gasteiger partial charge on any atom is 0.201 e. The van der Waals surface area contributed by atoms with Crippen molar-refractivity contribution >= 4 is 28.3 Å². The number of benzene rings is 1. The first-order valence-corrected chi connectivity index (χ1v) is 6.76. The molecule has 0 saturated carbocycles. The first kappa shape index (κ1) is 11.8. The molecule has 94 valence electrons. The third-order valence-electron chi connectivity index (χ3n) is 3.18. The number of rotatable bonds is 2. The molecular weight excluding hydrogens is 256 g/mol. The number of fused-ring (bicyclic) bond motifs is 1. The van der Waals surface area contributed by atoms with Crippen LogP contribution in [0.1, 0.15) is 16.0 Å². The molecule has 3 rings (SSSR count). The quantitative estimate of drug-likeness (QED) is 0.777. The summed E-state index contributed by atoms with van der Waals surface area (Å²) in [6, 6.07) is 9.67. The number of aromatic nitrogens is 2. The van der Waals surface area contributed by atoms with E-state index in [1.807, 2.05) is 16.7 Å². The lowest BCUT2D eigenvalue weighted by atomic mass is 10.2. The van der Waals surface area contributed by atoms with Gasteiger partial charge in [0.15, 0.2) is 0 Å². The van der Waals surface area contributed by atoms with Gasteiger partial charge < -0.3 is 10.3 Å². The highest BCUT2D eigenvalue weighted by Crippen LogP contribution is 2.24. The lowest BCUT2D eigenvalue weighted by molar-refractivity contribution is 0.847. The predicted molar refractivity (Wildman–Crippen MR) is 77.0 cm³/mol. The number of nitrogen functional groups attached to an aromatic ring is 1. The maximum absolute atomic E-state index is 8.99. The van der Waals surface area contributed by atoms with Crippen LogP contribution in [-0.4, -0.2) is 9.55 Å². The molecule has 0 radical (unpaired) electrons. The summed E-state index contributed by atoms with van der Waals surface area (Å²) in [5.74, 6) is 0.484. The monoisotopic (exact) mass is 268 g/mol. The lowest BCUT2D eigenvalue weighted by Crippen LogP contribution is -2.04. The van der Waals surface area contributed by atoms with Crippen LogP contribution in [-0.2, 0) is 6.54 Å². The first-order valence-electron chi connectivity index (χ1n) is 5.88. The van der Waals surface area contributed by atoms with Crippen molar-refractivity contribution in [3.8, 4) is 6.07 Å². The number of thiophene rings is 1. The second-order valence-corrected chi connectivity index (χ2v) is 5.40. The third-order valence-corrected chi connectivity index (χ3v) is 4.18. The number of hydrogen-bond acceptors (Lipinski definition) is 4. The van der Waals surface area contributed by atoms with Gasteiger partial charge in [0.2, 0.25) is 5.95 Å². The molecule has 0 bridgehead atoms. The molecule has 0 fully saturated rings. The molecule has 3 aromatic rings. The van der Waals surface area contributed by atoms with Gasteiger partial charge in [-0.25, -0.2) is 4.98 Å². The Hall–Kier alpha value is -2.32. The normalized spacial score (nSPS) is 10.7. The summed E-state index contributed by atoms with van der Waals surface area (Å²) in [7, 11) is 0. The molecular formula is C14H12N4S. The summed E-state index contributed by atoms with van der Waals surface area (Å²) in [6.45, 7) is 2.78. The zero-order valence-corrected chi connectivity index (χ0v) is 11.2. The van der Waals surface area contributed by atoms with Crippen LogP contribution in [0.4, 0.5) is 5.95 Å². The average molecular weight is 268 g/mol. The van der Waals surface area contributed by atoms with Crippen LogP contribution < -0.4 is 5.73 Å². The zero-order valence-electron chi connectivity index (χ0n) is 10.4. The number of aryl methyl sites for hydroxylation is 1. The third kappa shape index (κ3) is 1.96. The molecule has 0 aliphatic carbocycles. The van der Waals surface area contributed by atoms with Gasteiger partial charge in [-0.3, -0.25) is 0 Å². The Morgan fingerprint density at radius 3 is 2.95 bits per heavy atom. The molecule has 0 saturated heterocycles. The number of nitrogens with zero attached hydrogens (tertiary/aromatic N) is 3. The number of nitrogens with two attached hydrogens (primary N) is 1. The highest BCUT2D eigenvalue weighted by atomic mass is 32.1. The number of anilines is 1. The molecule has 5 heteroatoms. The molecule has 1 aromatic carbocycles. The Balaban J connectivity index is 2.15. The van der Waals surface area contributed by atoms with Crippen LogP contribution in [0.2, 0.25) is 0 Å². The van der Waals surface area contributed by atoms with Gasteiger partial charge in [0.05, 0.1) is 29.2 Å². The minimum Gasteiger partial charge on any atom is -0.369 e. The standard InChI is InChI=1S/C14H12N4S/c1-9-4-5-19-13(9)8-18-12-6-10(7-15)2-3-11(12)17-14(18)16/h2-6H,8H2,1H3,(H2,16,17). The van der Waals surface area contributed by atoms with E-state index in [9.17, 15) is 0 Å². The van der Waals surface area contributed by atoms with Gasteiger partial charge in [-0.05, 0) is 42.1 Å². The van der Waals surface area contributed by atoms with Crippen LogP contribution >= 0.6 is 11.3 Å². The van der Waals surface area contributed by atoms with Crippen LogP contribution in [0.25, 0.3) is 11.0 Å². The fourth-order valence-electron chi connectivity index (χ4n) is 2.09. The summed E-state index contributed by atoms with van der Waals surface area (Å²) >= 11 is 1.71. The van der Waals surface area contributed by atoms with Gasteiger partial charge in [0, 0.05) is 4.88 Å². The van der Waals surface area contributed by atoms with Crippen LogP contribution in [0.3, 0.4) is 0 Å². The SMILES string of the molecule is Cc1ccsc1Cn1c(N)nc2ccc(C#N)cc21. The minimum absolute atomic E-state index is 0.484. The molecule has 0 amide bonds. The van der Waals surface area contributed by atoms with Gasteiger partial charge in [0.25, 0.3) is 0 Å². The molecule has 0 spiro atoms. The Bertz CT molecular complexity index is 791. The second-order valence-electron chi connectivity index (χ2n) is 4.40. The molecule has 2 heterocycles. The fourth-order valence-corrected chi connectivity index (χ4v) is 2.98. The molecule has 0 atom stereocenters. The first-order chi connectivity index (χ1) is 9.19. The highest BCUT2D eigenvalue weighted by Gasteiger charge is 2.11. The molecule has 2 N–H and O–H groups in total. The van der Waals surface area contributed by atoms with E-state index in [1.165, 1.54) is 10.4 Å². The van der Waals surface area contributed by atoms with Crippen molar-refractivity contribution < 1.29 is 0 Å². The molecule has 0 aliphatic rings. The van der Waals surface area contributed by atoms with Crippen LogP contribution in [0.15, 0.2) is 29.6 Å². The molecule has 0 aliphatic heterocycles. The average Bonchev–Trinajstić information content (AvgIpc) is 2.94. The van der Waals surface area contributed by atoms with E-state index >= 15 is 0 Å². The van der Waals surface area contributed by atoms with E-state index in [4.69, 9.17) is 11.0 Å². The van der Waals surface area contributed by atoms with Crippen molar-refractivity contribution in [2.45, 2.75) is 13.5 Å². The lowest BCUT2D eigenvalue weighted by Gasteiger charge is -2.06. The maximum atomic E-state index is 8.99. The van der Waals surface area contributed by atoms with E-state index in [0.29, 0.717) is 18.1 Å². The van der Waals surface area contributed by atoms with Crippen molar-refractivity contribution in [3.63, 3.8) is 0 Å². The van der Waals surface area contributed by atoms with Gasteiger partial charge in [-0.2, -0.15) is 5.26 Å². The molecule has 0 unspecified atom stereocenters. The fraction of sp³-hybridized carbons (Fsp3) is 0.143. The van der Waals surface area contributed by atoms with Crippen LogP contribution in [0.5, 0.6) is 0 Å². The minimum atomic E-state index is 0.484. The number of nitriles is 1. The van der Waals surface area contributed by atoms with Crippen molar-refractivity contribution in [1.29, 1.82) is 5.26 Å². The summed E-state index contributed by atoms with van der Waals surface area (Å²) in [5.41, 5.74) is 9.59. The smallest absolute Gasteiger partial charge is 0.201 e. The molecule has 4 nitrogen and oxygen atoms in total. The van der Waals surface area contributed by atoms with Gasteiger partial charge in [0.1, 0.15) is 0 Å². The predicted octanol–water partition coefficient (Wildman–Crippen LogP) is 2.91. The van der Waals surface area contributed by atoms with Crippen molar-refractivity contribution in [1.82, 2.24) is 9.55 Å². The van der Waals surface area contributed by atoms with E-state index < -0.39 is 0 Å². The summed E-state index contributed by atoms with van der Waals surface area (Å²) in [6.07, 6.45) is 0. The Morgan fingerprint density at radius 1 is 1.42 bits per heavy atom. The Labute approximate surface area is 114 Å². The number of hydrogen-bond donors (Lipinski definition) is 1. The number of imidazole rings is 1. The van der Waals surface area contributed by atoms with Crippen LogP contribution in [0, 0.1) is 18.3 Å². The second kappa shape index (κ2) is 4.41. The topological polar surface area (TPSA) is 67.6 Å². The van der Waals surface area contributed by atoms with E-state index in [0.717, 1.165) is 11.0 Å². The summed E-state index contributed by atoms with van der Waals surface area (Å²) in [5, 5.41) is 11.1. The molecule has 2 aromatic heterocycles. The Morgan fingerprint density at radius 2 is 2.26 bits per heavy atom. The summed E-state index contributed by atoms with van der Waals surface area (Å²) < 4.78 is 1.95. The van der Waals surface area contributed by atoms with Crippen molar-refractivity contribution in [2.24, 2.45) is 0 Å². The van der Waals surface area contributed by atoms with E-state index in [-0.39, 0.29) is 0 Å². The van der Waals surface area contributed by atoms with Gasteiger partial charge in [-0.15, -0.1) is 11.3 Å². The highest BCUT2D eigenvalue weighted by molar-refractivity contribution is 7.10. The van der Waals surface area contributed by atoms with Gasteiger partial charge in [-0.1, -0.05) is 0 Å². The molecule has 19 heavy (non-hydrogen) atoms. The van der Waals surface area contributed by atoms with E-state index in [2.05, 4.69) is 29.4 Å². The zero-order chi connectivity index (χ0) is 13.4. The van der Waals surface area contributed by atoms with E-state index in [1.54, 1.807) is 17.4 Å². The Kier molecular flexibility index (Phi) is 2.73. The van der Waals surface area contributed by atoms with Crippen molar-refractivity contribution in [3.05, 3.63) is 45.6 Å². The largest absolute Gasteiger partial charge is 0.369 e. The summed E-state index contributed by atoms with van der Waals surface area (Å²) in [4.78, 5) is 5.59. The van der Waals surface area contributed by atoms with Gasteiger partial charge >= 0.3 is 0 Å².